The van der Waals surface area contributed by atoms with E-state index in [1.807, 2.05) is 31.2 Å². The number of rotatable bonds is 7. The maximum Gasteiger partial charge on any atom is 0.344 e. The van der Waals surface area contributed by atoms with Gasteiger partial charge in [-0.1, -0.05) is 25.1 Å². The zero-order chi connectivity index (χ0) is 20.1. The van der Waals surface area contributed by atoms with Crippen molar-refractivity contribution in [1.29, 1.82) is 0 Å². The number of nitrogens with zero attached hydrogens (tertiary/aromatic N) is 3. The van der Waals surface area contributed by atoms with E-state index in [0.29, 0.717) is 17.5 Å². The van der Waals surface area contributed by atoms with E-state index in [9.17, 15) is 4.79 Å². The fraction of sp³-hybridized carbons (Fsp3) is 0.333. The second-order valence-electron chi connectivity index (χ2n) is 6.79. The van der Waals surface area contributed by atoms with E-state index >= 15 is 0 Å². The molecule has 0 radical (unpaired) electrons. The lowest BCUT2D eigenvalue weighted by Gasteiger charge is -2.13. The molecule has 2 heterocycles. The van der Waals surface area contributed by atoms with E-state index in [2.05, 4.69) is 29.0 Å². The Balaban J connectivity index is 1.55. The first-order chi connectivity index (χ1) is 13.4. The molecule has 0 fully saturated rings. The third-order valence-electron chi connectivity index (χ3n) is 4.24. The van der Waals surface area contributed by atoms with Gasteiger partial charge in [0.2, 0.25) is 5.82 Å². The molecule has 1 atom stereocenters. The monoisotopic (exact) mass is 381 g/mol. The zero-order valence-electron chi connectivity index (χ0n) is 16.4. The van der Waals surface area contributed by atoms with Gasteiger partial charge in [-0.15, -0.1) is 0 Å². The van der Waals surface area contributed by atoms with Gasteiger partial charge in [0.1, 0.15) is 5.75 Å². The van der Waals surface area contributed by atoms with E-state index in [4.69, 9.17) is 14.0 Å². The van der Waals surface area contributed by atoms with Crippen LogP contribution in [0.25, 0.3) is 11.4 Å². The van der Waals surface area contributed by atoms with E-state index < -0.39 is 12.1 Å². The highest BCUT2D eigenvalue weighted by Gasteiger charge is 2.19. The molecule has 1 aromatic carbocycles. The molecule has 0 bridgehead atoms. The summed E-state index contributed by atoms with van der Waals surface area (Å²) in [5.74, 6) is 1.15. The molecule has 0 saturated carbocycles. The molecule has 0 aliphatic rings. The molecular weight excluding hydrogens is 358 g/mol. The average Bonchev–Trinajstić information content (AvgIpc) is 3.17. The molecular formula is C21H23N3O4. The van der Waals surface area contributed by atoms with Crippen molar-refractivity contribution >= 4 is 5.97 Å². The van der Waals surface area contributed by atoms with Gasteiger partial charge in [0.25, 0.3) is 5.89 Å². The van der Waals surface area contributed by atoms with Crippen LogP contribution >= 0.6 is 0 Å². The summed E-state index contributed by atoms with van der Waals surface area (Å²) in [7, 11) is 0. The fourth-order valence-corrected chi connectivity index (χ4v) is 2.82. The maximum absolute atomic E-state index is 12.1. The number of ether oxygens (including phenoxy) is 2. The minimum Gasteiger partial charge on any atom is -0.482 e. The lowest BCUT2D eigenvalue weighted by atomic mass is 9.98. The molecule has 0 aliphatic heterocycles. The van der Waals surface area contributed by atoms with Crippen LogP contribution in [0.5, 0.6) is 5.75 Å². The van der Waals surface area contributed by atoms with Crippen LogP contribution in [0.15, 0.2) is 47.2 Å². The van der Waals surface area contributed by atoms with E-state index in [-0.39, 0.29) is 12.5 Å². The second kappa shape index (κ2) is 8.65. The van der Waals surface area contributed by atoms with Gasteiger partial charge in [0.15, 0.2) is 12.7 Å². The van der Waals surface area contributed by atoms with Crippen LogP contribution in [-0.2, 0) is 9.53 Å². The summed E-state index contributed by atoms with van der Waals surface area (Å²) in [6, 6.07) is 9.39. The van der Waals surface area contributed by atoms with E-state index in [1.165, 1.54) is 5.56 Å². The average molecular weight is 381 g/mol. The van der Waals surface area contributed by atoms with E-state index in [0.717, 1.165) is 11.1 Å². The van der Waals surface area contributed by atoms with Crippen molar-refractivity contribution < 1.29 is 18.8 Å². The Bertz CT molecular complexity index is 938. The number of carbonyl (C=O) groups is 1. The summed E-state index contributed by atoms with van der Waals surface area (Å²) in [5.41, 5.74) is 3.10. The van der Waals surface area contributed by atoms with Crippen molar-refractivity contribution in [3.8, 4) is 17.1 Å². The topological polar surface area (TPSA) is 87.3 Å². The molecule has 7 nitrogen and oxygen atoms in total. The first kappa shape index (κ1) is 19.5. The van der Waals surface area contributed by atoms with Crippen molar-refractivity contribution in [2.45, 2.75) is 39.7 Å². The molecule has 0 saturated heterocycles. The minimum atomic E-state index is -0.681. The number of esters is 1. The van der Waals surface area contributed by atoms with Crippen molar-refractivity contribution in [2.75, 3.05) is 6.61 Å². The lowest BCUT2D eigenvalue weighted by Crippen LogP contribution is -2.17. The van der Waals surface area contributed by atoms with Gasteiger partial charge < -0.3 is 14.0 Å². The molecule has 0 amide bonds. The third-order valence-corrected chi connectivity index (χ3v) is 4.24. The Morgan fingerprint density at radius 3 is 2.71 bits per heavy atom. The van der Waals surface area contributed by atoms with Crippen molar-refractivity contribution in [1.82, 2.24) is 15.1 Å². The predicted octanol–water partition coefficient (Wildman–Crippen LogP) is 4.25. The summed E-state index contributed by atoms with van der Waals surface area (Å²) in [5, 5.41) is 3.89. The van der Waals surface area contributed by atoms with Gasteiger partial charge in [0.05, 0.1) is 0 Å². The van der Waals surface area contributed by atoms with E-state index in [1.54, 1.807) is 25.4 Å². The van der Waals surface area contributed by atoms with Crippen molar-refractivity contribution in [3.63, 3.8) is 0 Å². The van der Waals surface area contributed by atoms with Crippen LogP contribution in [0, 0.1) is 6.92 Å². The number of hydrogen-bond acceptors (Lipinski definition) is 7. The number of pyridine rings is 1. The van der Waals surface area contributed by atoms with Gasteiger partial charge in [-0.05, 0) is 55.2 Å². The number of carbonyl (C=O) groups excluding carboxylic acids is 1. The molecule has 7 heteroatoms. The standard InChI is InChI=1S/C21H23N3O4/c1-13(2)18-8-7-17(10-14(18)3)26-12-19(25)27-15(4)21-23-20(24-28-21)16-6-5-9-22-11-16/h5-11,13,15H,12H2,1-4H3. The molecule has 0 aliphatic carbocycles. The van der Waals surface area contributed by atoms with Crippen LogP contribution in [0.1, 0.15) is 49.8 Å². The summed E-state index contributed by atoms with van der Waals surface area (Å²) < 4.78 is 16.1. The van der Waals surface area contributed by atoms with Crippen LogP contribution in [0.4, 0.5) is 0 Å². The molecule has 2 aromatic heterocycles. The highest BCUT2D eigenvalue weighted by atomic mass is 16.6. The van der Waals surface area contributed by atoms with Gasteiger partial charge in [-0.2, -0.15) is 4.98 Å². The van der Waals surface area contributed by atoms with Crippen LogP contribution in [-0.4, -0.2) is 27.7 Å². The number of benzene rings is 1. The molecule has 3 aromatic rings. The SMILES string of the molecule is Cc1cc(OCC(=O)OC(C)c2nc(-c3cccnc3)no2)ccc1C(C)C. The fourth-order valence-electron chi connectivity index (χ4n) is 2.82. The lowest BCUT2D eigenvalue weighted by molar-refractivity contribution is -0.152. The Hall–Kier alpha value is -3.22. The van der Waals surface area contributed by atoms with Crippen LogP contribution in [0.3, 0.4) is 0 Å². The van der Waals surface area contributed by atoms with Crippen molar-refractivity contribution in [3.05, 3.63) is 59.7 Å². The number of aryl methyl sites for hydroxylation is 1. The molecule has 146 valence electrons. The minimum absolute atomic E-state index is 0.200. The summed E-state index contributed by atoms with van der Waals surface area (Å²) in [6.45, 7) is 7.77. The number of hydrogen-bond donors (Lipinski definition) is 0. The summed E-state index contributed by atoms with van der Waals surface area (Å²) in [4.78, 5) is 20.4. The van der Waals surface area contributed by atoms with Gasteiger partial charge in [0, 0.05) is 18.0 Å². The largest absolute Gasteiger partial charge is 0.482 e. The Morgan fingerprint density at radius 2 is 2.04 bits per heavy atom. The van der Waals surface area contributed by atoms with Gasteiger partial charge >= 0.3 is 5.97 Å². The molecule has 0 spiro atoms. The summed E-state index contributed by atoms with van der Waals surface area (Å²) in [6.07, 6.45) is 2.61. The summed E-state index contributed by atoms with van der Waals surface area (Å²) >= 11 is 0. The second-order valence-corrected chi connectivity index (χ2v) is 6.79. The normalized spacial score (nSPS) is 12.0. The maximum atomic E-state index is 12.1. The van der Waals surface area contributed by atoms with Gasteiger partial charge in [-0.3, -0.25) is 4.98 Å². The number of aromatic nitrogens is 3. The molecule has 3 rings (SSSR count). The Labute approximate surface area is 163 Å². The Kier molecular flexibility index (Phi) is 6.03. The first-order valence-electron chi connectivity index (χ1n) is 9.11. The highest BCUT2D eigenvalue weighted by molar-refractivity contribution is 5.71. The molecule has 28 heavy (non-hydrogen) atoms. The van der Waals surface area contributed by atoms with Gasteiger partial charge in [-0.25, -0.2) is 4.79 Å². The third kappa shape index (κ3) is 4.73. The quantitative estimate of drug-likeness (QED) is 0.565. The highest BCUT2D eigenvalue weighted by Crippen LogP contribution is 2.24. The van der Waals surface area contributed by atoms with Crippen LogP contribution < -0.4 is 4.74 Å². The first-order valence-corrected chi connectivity index (χ1v) is 9.11. The van der Waals surface area contributed by atoms with Crippen molar-refractivity contribution in [2.24, 2.45) is 0 Å². The predicted molar refractivity (Wildman–Crippen MR) is 103 cm³/mol. The zero-order valence-corrected chi connectivity index (χ0v) is 16.4. The smallest absolute Gasteiger partial charge is 0.344 e. The molecule has 1 unspecified atom stereocenters. The Morgan fingerprint density at radius 1 is 1.21 bits per heavy atom. The van der Waals surface area contributed by atoms with Crippen LogP contribution in [0.2, 0.25) is 0 Å². The molecule has 0 N–H and O–H groups in total.